The number of nitrogens with zero attached hydrogens (tertiary/aromatic N) is 2. The van der Waals surface area contributed by atoms with Gasteiger partial charge in [0.05, 0.1) is 6.54 Å². The van der Waals surface area contributed by atoms with Crippen molar-refractivity contribution in [1.82, 2.24) is 9.80 Å². The summed E-state index contributed by atoms with van der Waals surface area (Å²) in [5.74, 6) is 0. The minimum Gasteiger partial charge on any atom is -0.301 e. The Bertz CT molecular complexity index is 266. The van der Waals surface area contributed by atoms with Crippen LogP contribution in [0, 0.1) is 0 Å². The monoisotopic (exact) mass is 236 g/mol. The Kier molecular flexibility index (Phi) is 2.95. The van der Waals surface area contributed by atoms with Crippen molar-refractivity contribution in [2.75, 3.05) is 26.7 Å². The molecule has 0 saturated carbocycles. The molecule has 0 N–H and O–H groups in total. The van der Waals surface area contributed by atoms with E-state index in [1.807, 2.05) is 0 Å². The predicted octanol–water partition coefficient (Wildman–Crippen LogP) is 2.11. The third-order valence-corrected chi connectivity index (χ3v) is 4.23. The molecule has 94 valence electrons. The average molecular weight is 236 g/mol. The van der Waals surface area contributed by atoms with Gasteiger partial charge < -0.3 is 4.90 Å². The first-order valence-electron chi connectivity index (χ1n) is 5.82. The van der Waals surface area contributed by atoms with Crippen LogP contribution in [0.25, 0.3) is 0 Å². The van der Waals surface area contributed by atoms with Crippen molar-refractivity contribution in [3.63, 3.8) is 0 Å². The van der Waals surface area contributed by atoms with Gasteiger partial charge in [0.1, 0.15) is 0 Å². The van der Waals surface area contributed by atoms with E-state index in [9.17, 15) is 13.2 Å². The van der Waals surface area contributed by atoms with Crippen LogP contribution in [0.15, 0.2) is 0 Å². The largest absolute Gasteiger partial charge is 0.401 e. The second-order valence-corrected chi connectivity index (χ2v) is 5.40. The first-order valence-corrected chi connectivity index (χ1v) is 5.82. The summed E-state index contributed by atoms with van der Waals surface area (Å²) >= 11 is 0. The van der Waals surface area contributed by atoms with Crippen LogP contribution in [0.4, 0.5) is 13.2 Å². The molecule has 0 amide bonds. The summed E-state index contributed by atoms with van der Waals surface area (Å²) in [7, 11) is 2.08. The van der Waals surface area contributed by atoms with Gasteiger partial charge in [-0.1, -0.05) is 0 Å². The molecule has 2 heterocycles. The molecule has 2 rings (SSSR count). The van der Waals surface area contributed by atoms with E-state index in [4.69, 9.17) is 0 Å². The number of hydrogen-bond acceptors (Lipinski definition) is 2. The minimum atomic E-state index is -4.06. The molecule has 2 aliphatic rings. The highest BCUT2D eigenvalue weighted by Crippen LogP contribution is 2.37. The molecule has 0 aromatic rings. The Hall–Kier alpha value is -0.290. The fourth-order valence-electron chi connectivity index (χ4n) is 2.99. The lowest BCUT2D eigenvalue weighted by Crippen LogP contribution is -2.61. The van der Waals surface area contributed by atoms with Crippen LogP contribution in [0.2, 0.25) is 0 Å². The standard InChI is InChI=1S/C11H19F3N2/c1-10-4-6-16(8-11(12,13)14)9(7-10)3-5-15(10)2/h9H,3-8H2,1-2H3/t9?,10-/m0/s1. The maximum absolute atomic E-state index is 12.4. The quantitative estimate of drug-likeness (QED) is 0.688. The molecule has 2 aliphatic heterocycles. The fourth-order valence-corrected chi connectivity index (χ4v) is 2.99. The molecule has 0 aromatic heterocycles. The van der Waals surface area contributed by atoms with Crippen molar-refractivity contribution in [3.8, 4) is 0 Å². The first-order chi connectivity index (χ1) is 7.30. The highest BCUT2D eigenvalue weighted by Gasteiger charge is 2.45. The number of fused-ring (bicyclic) bond motifs is 2. The van der Waals surface area contributed by atoms with E-state index in [0.29, 0.717) is 6.54 Å². The number of piperidine rings is 2. The maximum atomic E-state index is 12.4. The summed E-state index contributed by atoms with van der Waals surface area (Å²) in [6.07, 6.45) is -1.48. The van der Waals surface area contributed by atoms with Gasteiger partial charge in [-0.15, -0.1) is 0 Å². The van der Waals surface area contributed by atoms with E-state index in [0.717, 1.165) is 25.8 Å². The smallest absolute Gasteiger partial charge is 0.301 e. The Labute approximate surface area is 94.4 Å². The van der Waals surface area contributed by atoms with Crippen LogP contribution in [-0.4, -0.2) is 54.2 Å². The van der Waals surface area contributed by atoms with Crippen molar-refractivity contribution >= 4 is 0 Å². The molecular formula is C11H19F3N2. The van der Waals surface area contributed by atoms with Gasteiger partial charge in [0.15, 0.2) is 0 Å². The average Bonchev–Trinajstić information content (AvgIpc) is 2.15. The van der Waals surface area contributed by atoms with Crippen LogP contribution in [-0.2, 0) is 0 Å². The number of rotatable bonds is 1. The predicted molar refractivity (Wildman–Crippen MR) is 56.3 cm³/mol. The van der Waals surface area contributed by atoms with E-state index in [-0.39, 0.29) is 11.6 Å². The summed E-state index contributed by atoms with van der Waals surface area (Å²) in [5, 5.41) is 0. The van der Waals surface area contributed by atoms with E-state index < -0.39 is 12.7 Å². The normalized spacial score (nSPS) is 37.7. The van der Waals surface area contributed by atoms with Crippen molar-refractivity contribution in [3.05, 3.63) is 0 Å². The van der Waals surface area contributed by atoms with Crippen LogP contribution in [0.1, 0.15) is 26.2 Å². The van der Waals surface area contributed by atoms with Gasteiger partial charge in [-0.05, 0) is 39.8 Å². The molecule has 0 radical (unpaired) electrons. The van der Waals surface area contributed by atoms with Gasteiger partial charge in [0, 0.05) is 18.1 Å². The third-order valence-electron chi connectivity index (χ3n) is 4.23. The Morgan fingerprint density at radius 1 is 1.31 bits per heavy atom. The molecule has 2 bridgehead atoms. The zero-order chi connectivity index (χ0) is 12.0. The second-order valence-electron chi connectivity index (χ2n) is 5.40. The van der Waals surface area contributed by atoms with Crippen molar-refractivity contribution < 1.29 is 13.2 Å². The van der Waals surface area contributed by atoms with Gasteiger partial charge in [0.2, 0.25) is 0 Å². The molecule has 2 nitrogen and oxygen atoms in total. The molecule has 0 aromatic carbocycles. The molecule has 1 unspecified atom stereocenters. The lowest BCUT2D eigenvalue weighted by atomic mass is 9.79. The molecule has 5 heteroatoms. The maximum Gasteiger partial charge on any atom is 0.401 e. The number of hydrogen-bond donors (Lipinski definition) is 0. The molecule has 0 aliphatic carbocycles. The molecule has 2 fully saturated rings. The summed E-state index contributed by atoms with van der Waals surface area (Å²) in [6, 6.07) is 0.122. The fraction of sp³-hybridized carbons (Fsp3) is 1.00. The zero-order valence-corrected chi connectivity index (χ0v) is 9.85. The van der Waals surface area contributed by atoms with E-state index >= 15 is 0 Å². The van der Waals surface area contributed by atoms with Gasteiger partial charge in [-0.3, -0.25) is 4.90 Å². The van der Waals surface area contributed by atoms with Gasteiger partial charge >= 0.3 is 6.18 Å². The summed E-state index contributed by atoms with van der Waals surface area (Å²) in [4.78, 5) is 3.92. The Morgan fingerprint density at radius 3 is 2.62 bits per heavy atom. The summed E-state index contributed by atoms with van der Waals surface area (Å²) < 4.78 is 37.2. The number of alkyl halides is 3. The van der Waals surface area contributed by atoms with Crippen LogP contribution in [0.3, 0.4) is 0 Å². The topological polar surface area (TPSA) is 6.48 Å². The highest BCUT2D eigenvalue weighted by atomic mass is 19.4. The van der Waals surface area contributed by atoms with Crippen molar-refractivity contribution in [2.45, 2.75) is 43.9 Å². The second kappa shape index (κ2) is 3.88. The molecule has 2 atom stereocenters. The van der Waals surface area contributed by atoms with Gasteiger partial charge in [-0.2, -0.15) is 13.2 Å². The summed E-state index contributed by atoms with van der Waals surface area (Å²) in [6.45, 7) is 2.92. The highest BCUT2D eigenvalue weighted by molar-refractivity contribution is 4.99. The van der Waals surface area contributed by atoms with Crippen LogP contribution >= 0.6 is 0 Å². The van der Waals surface area contributed by atoms with E-state index in [2.05, 4.69) is 18.9 Å². The lowest BCUT2D eigenvalue weighted by Gasteiger charge is -2.53. The number of likely N-dealkylation sites (tertiary alicyclic amines) is 2. The van der Waals surface area contributed by atoms with Crippen molar-refractivity contribution in [1.29, 1.82) is 0 Å². The third kappa shape index (κ3) is 2.35. The Morgan fingerprint density at radius 2 is 2.00 bits per heavy atom. The summed E-state index contributed by atoms with van der Waals surface area (Å²) in [5.41, 5.74) is 0.116. The molecule has 0 spiro atoms. The number of halogens is 3. The van der Waals surface area contributed by atoms with E-state index in [1.54, 1.807) is 4.90 Å². The van der Waals surface area contributed by atoms with Crippen LogP contribution in [0.5, 0.6) is 0 Å². The minimum absolute atomic E-state index is 0.116. The van der Waals surface area contributed by atoms with Gasteiger partial charge in [0.25, 0.3) is 0 Å². The molecule has 16 heavy (non-hydrogen) atoms. The van der Waals surface area contributed by atoms with Crippen molar-refractivity contribution in [2.24, 2.45) is 0 Å². The Balaban J connectivity index is 2.02. The molecular weight excluding hydrogens is 217 g/mol. The van der Waals surface area contributed by atoms with Gasteiger partial charge in [-0.25, -0.2) is 0 Å². The SMILES string of the molecule is CN1CCC2C[C@]1(C)CCN2CC(F)(F)F. The molecule has 2 saturated heterocycles. The zero-order valence-electron chi connectivity index (χ0n) is 9.85. The van der Waals surface area contributed by atoms with E-state index in [1.165, 1.54) is 0 Å². The first kappa shape index (κ1) is 12.2. The van der Waals surface area contributed by atoms with Crippen LogP contribution < -0.4 is 0 Å². The lowest BCUT2D eigenvalue weighted by molar-refractivity contribution is -0.163.